The lowest BCUT2D eigenvalue weighted by Crippen LogP contribution is -2.15. The Labute approximate surface area is 148 Å². The highest BCUT2D eigenvalue weighted by molar-refractivity contribution is 6.07. The summed E-state index contributed by atoms with van der Waals surface area (Å²) in [6, 6.07) is 12.8. The summed E-state index contributed by atoms with van der Waals surface area (Å²) in [7, 11) is 0. The maximum atomic E-state index is 12.4. The SMILES string of the molecule is CC(=O)Nc1ccc(C)cc1NC(=O)c1ccc(CCN)cc1.Cl. The highest BCUT2D eigenvalue weighted by Crippen LogP contribution is 2.24. The van der Waals surface area contributed by atoms with Gasteiger partial charge in [0, 0.05) is 12.5 Å². The minimum absolute atomic E-state index is 0. The maximum Gasteiger partial charge on any atom is 0.255 e. The quantitative estimate of drug-likeness (QED) is 0.776. The molecule has 0 fully saturated rings. The Morgan fingerprint density at radius 1 is 1.00 bits per heavy atom. The van der Waals surface area contributed by atoms with E-state index < -0.39 is 0 Å². The second-order valence-electron chi connectivity index (χ2n) is 5.42. The van der Waals surface area contributed by atoms with E-state index in [1.165, 1.54) is 6.92 Å². The van der Waals surface area contributed by atoms with E-state index in [0.29, 0.717) is 23.5 Å². The molecule has 0 saturated heterocycles. The van der Waals surface area contributed by atoms with Gasteiger partial charge in [0.1, 0.15) is 0 Å². The second kappa shape index (κ2) is 9.05. The topological polar surface area (TPSA) is 84.2 Å². The molecule has 128 valence electrons. The number of amides is 2. The molecule has 0 aliphatic carbocycles. The van der Waals surface area contributed by atoms with Crippen molar-refractivity contribution in [3.8, 4) is 0 Å². The van der Waals surface area contributed by atoms with Crippen LogP contribution in [0.5, 0.6) is 0 Å². The molecule has 0 heterocycles. The zero-order chi connectivity index (χ0) is 16.8. The lowest BCUT2D eigenvalue weighted by Gasteiger charge is -2.12. The molecule has 24 heavy (non-hydrogen) atoms. The molecule has 2 amide bonds. The van der Waals surface area contributed by atoms with E-state index in [4.69, 9.17) is 5.73 Å². The molecule has 0 bridgehead atoms. The van der Waals surface area contributed by atoms with Crippen LogP contribution in [0, 0.1) is 6.92 Å². The van der Waals surface area contributed by atoms with Gasteiger partial charge in [-0.1, -0.05) is 18.2 Å². The lowest BCUT2D eigenvalue weighted by atomic mass is 10.1. The van der Waals surface area contributed by atoms with Gasteiger partial charge >= 0.3 is 0 Å². The number of nitrogens with one attached hydrogen (secondary N) is 2. The lowest BCUT2D eigenvalue weighted by molar-refractivity contribution is -0.114. The number of anilines is 2. The van der Waals surface area contributed by atoms with E-state index >= 15 is 0 Å². The predicted octanol–water partition coefficient (Wildman–Crippen LogP) is 3.13. The van der Waals surface area contributed by atoms with Gasteiger partial charge in [-0.05, 0) is 55.3 Å². The summed E-state index contributed by atoms with van der Waals surface area (Å²) >= 11 is 0. The van der Waals surface area contributed by atoms with E-state index in [0.717, 1.165) is 17.5 Å². The molecule has 6 heteroatoms. The van der Waals surface area contributed by atoms with Crippen molar-refractivity contribution in [1.29, 1.82) is 0 Å². The van der Waals surface area contributed by atoms with Crippen LogP contribution in [0.4, 0.5) is 11.4 Å². The van der Waals surface area contributed by atoms with E-state index in [1.807, 2.05) is 31.2 Å². The first-order chi connectivity index (χ1) is 11.0. The van der Waals surface area contributed by atoms with Crippen molar-refractivity contribution in [3.05, 3.63) is 59.2 Å². The molecular formula is C18H22ClN3O2. The van der Waals surface area contributed by atoms with Crippen molar-refractivity contribution in [2.45, 2.75) is 20.3 Å². The molecule has 0 radical (unpaired) electrons. The summed E-state index contributed by atoms with van der Waals surface area (Å²) < 4.78 is 0. The standard InChI is InChI=1S/C18H21N3O2.ClH/c1-12-3-8-16(20-13(2)22)17(11-12)21-18(23)15-6-4-14(5-7-15)9-10-19;/h3-8,11H,9-10,19H2,1-2H3,(H,20,22)(H,21,23);1H. The zero-order valence-electron chi connectivity index (χ0n) is 13.8. The minimum Gasteiger partial charge on any atom is -0.330 e. The average molecular weight is 348 g/mol. The Morgan fingerprint density at radius 2 is 1.67 bits per heavy atom. The van der Waals surface area contributed by atoms with Gasteiger partial charge in [-0.2, -0.15) is 0 Å². The van der Waals surface area contributed by atoms with Gasteiger partial charge in [-0.15, -0.1) is 12.4 Å². The number of halogens is 1. The zero-order valence-corrected chi connectivity index (χ0v) is 14.6. The van der Waals surface area contributed by atoms with Crippen LogP contribution in [0.25, 0.3) is 0 Å². The molecule has 2 aromatic rings. The van der Waals surface area contributed by atoms with Crippen LogP contribution in [-0.4, -0.2) is 18.4 Å². The fourth-order valence-electron chi connectivity index (χ4n) is 2.24. The van der Waals surface area contributed by atoms with Crippen LogP contribution in [0.15, 0.2) is 42.5 Å². The molecule has 0 aliphatic rings. The smallest absolute Gasteiger partial charge is 0.255 e. The molecular weight excluding hydrogens is 326 g/mol. The van der Waals surface area contributed by atoms with Crippen molar-refractivity contribution in [2.75, 3.05) is 17.2 Å². The van der Waals surface area contributed by atoms with Crippen molar-refractivity contribution >= 4 is 35.6 Å². The molecule has 2 rings (SSSR count). The van der Waals surface area contributed by atoms with E-state index in [-0.39, 0.29) is 24.2 Å². The molecule has 2 aromatic carbocycles. The summed E-state index contributed by atoms with van der Waals surface area (Å²) in [5.41, 5.74) is 9.32. The van der Waals surface area contributed by atoms with Crippen LogP contribution in [0.3, 0.4) is 0 Å². The van der Waals surface area contributed by atoms with Crippen LogP contribution in [-0.2, 0) is 11.2 Å². The average Bonchev–Trinajstić information content (AvgIpc) is 2.50. The summed E-state index contributed by atoms with van der Waals surface area (Å²) in [6.45, 7) is 3.94. The van der Waals surface area contributed by atoms with E-state index in [1.54, 1.807) is 18.2 Å². The predicted molar refractivity (Wildman–Crippen MR) is 99.9 cm³/mol. The molecule has 0 aliphatic heterocycles. The van der Waals surface area contributed by atoms with Gasteiger partial charge < -0.3 is 16.4 Å². The highest BCUT2D eigenvalue weighted by Gasteiger charge is 2.10. The fourth-order valence-corrected chi connectivity index (χ4v) is 2.24. The van der Waals surface area contributed by atoms with Crippen molar-refractivity contribution in [1.82, 2.24) is 0 Å². The van der Waals surface area contributed by atoms with Gasteiger partial charge in [-0.25, -0.2) is 0 Å². The van der Waals surface area contributed by atoms with Crippen LogP contribution in [0.2, 0.25) is 0 Å². The first-order valence-corrected chi connectivity index (χ1v) is 7.48. The van der Waals surface area contributed by atoms with Gasteiger partial charge in [0.25, 0.3) is 5.91 Å². The van der Waals surface area contributed by atoms with Crippen molar-refractivity contribution in [3.63, 3.8) is 0 Å². The number of aryl methyl sites for hydroxylation is 1. The Balaban J connectivity index is 0.00000288. The molecule has 0 atom stereocenters. The number of rotatable bonds is 5. The van der Waals surface area contributed by atoms with E-state index in [2.05, 4.69) is 10.6 Å². The molecule has 5 nitrogen and oxygen atoms in total. The number of carbonyl (C=O) groups is 2. The summed E-state index contributed by atoms with van der Waals surface area (Å²) in [4.78, 5) is 23.7. The number of nitrogens with two attached hydrogens (primary N) is 1. The largest absolute Gasteiger partial charge is 0.330 e. The molecule has 0 spiro atoms. The first-order valence-electron chi connectivity index (χ1n) is 7.48. The number of hydrogen-bond acceptors (Lipinski definition) is 3. The first kappa shape index (κ1) is 19.7. The van der Waals surface area contributed by atoms with Gasteiger partial charge in [0.05, 0.1) is 11.4 Å². The highest BCUT2D eigenvalue weighted by atomic mass is 35.5. The Morgan fingerprint density at radius 3 is 2.25 bits per heavy atom. The molecule has 4 N–H and O–H groups in total. The minimum atomic E-state index is -0.221. The van der Waals surface area contributed by atoms with Gasteiger partial charge in [0.2, 0.25) is 5.91 Å². The van der Waals surface area contributed by atoms with Crippen molar-refractivity contribution in [2.24, 2.45) is 5.73 Å². The van der Waals surface area contributed by atoms with Gasteiger partial charge in [0.15, 0.2) is 0 Å². The van der Waals surface area contributed by atoms with Crippen LogP contribution in [0.1, 0.15) is 28.4 Å². The normalized spacial score (nSPS) is 9.79. The number of hydrogen-bond donors (Lipinski definition) is 3. The Kier molecular flexibility index (Phi) is 7.42. The van der Waals surface area contributed by atoms with Crippen LogP contribution >= 0.6 is 12.4 Å². The monoisotopic (exact) mass is 347 g/mol. The maximum absolute atomic E-state index is 12.4. The molecule has 0 unspecified atom stereocenters. The Bertz CT molecular complexity index is 715. The van der Waals surface area contributed by atoms with Gasteiger partial charge in [-0.3, -0.25) is 9.59 Å². The number of carbonyl (C=O) groups excluding carboxylic acids is 2. The fraction of sp³-hybridized carbons (Fsp3) is 0.222. The van der Waals surface area contributed by atoms with Crippen molar-refractivity contribution < 1.29 is 9.59 Å². The summed E-state index contributed by atoms with van der Waals surface area (Å²) in [5.74, 6) is -0.406. The second-order valence-corrected chi connectivity index (χ2v) is 5.42. The Hall–Kier alpha value is -2.37. The number of benzene rings is 2. The molecule has 0 aromatic heterocycles. The summed E-state index contributed by atoms with van der Waals surface area (Å²) in [5, 5.41) is 5.56. The molecule has 0 saturated carbocycles. The summed E-state index contributed by atoms with van der Waals surface area (Å²) in [6.07, 6.45) is 0.784. The van der Waals surface area contributed by atoms with Crippen LogP contribution < -0.4 is 16.4 Å². The third-order valence-electron chi connectivity index (χ3n) is 3.38. The third kappa shape index (κ3) is 5.37. The van der Waals surface area contributed by atoms with E-state index in [9.17, 15) is 9.59 Å². The third-order valence-corrected chi connectivity index (χ3v) is 3.38.